The SMILES string of the molecule is CCc1cc(-c2ccc(F)c(F)c2)ccc1C1C(=O)C(C)(C)S(=O)(=O)C(C)(C)C1=O. The van der Waals surface area contributed by atoms with Crippen LogP contribution in [0.15, 0.2) is 36.4 Å². The third-order valence-electron chi connectivity index (χ3n) is 6.14. The lowest BCUT2D eigenvalue weighted by Gasteiger charge is -2.42. The molecule has 30 heavy (non-hydrogen) atoms. The number of carbonyl (C=O) groups is 2. The molecule has 0 unspecified atom stereocenters. The molecule has 2 aromatic carbocycles. The molecule has 0 aliphatic carbocycles. The first kappa shape index (κ1) is 22.3. The summed E-state index contributed by atoms with van der Waals surface area (Å²) in [6.07, 6.45) is 0.470. The molecule has 1 fully saturated rings. The van der Waals surface area contributed by atoms with E-state index >= 15 is 0 Å². The lowest BCUT2D eigenvalue weighted by molar-refractivity contribution is -0.132. The summed E-state index contributed by atoms with van der Waals surface area (Å²) < 4.78 is 49.3. The maximum Gasteiger partial charge on any atom is 0.174 e. The molecule has 0 amide bonds. The quantitative estimate of drug-likeness (QED) is 0.672. The van der Waals surface area contributed by atoms with Crippen LogP contribution in [0.2, 0.25) is 0 Å². The summed E-state index contributed by atoms with van der Waals surface area (Å²) in [5.41, 5.74) is 2.20. The summed E-state index contributed by atoms with van der Waals surface area (Å²) in [5.74, 6) is -4.42. The van der Waals surface area contributed by atoms with Crippen LogP contribution in [0.3, 0.4) is 0 Å². The Balaban J connectivity index is 2.16. The highest BCUT2D eigenvalue weighted by Crippen LogP contribution is 2.44. The van der Waals surface area contributed by atoms with E-state index < -0.39 is 48.5 Å². The van der Waals surface area contributed by atoms with Crippen molar-refractivity contribution in [2.45, 2.75) is 56.5 Å². The maximum atomic E-state index is 13.6. The molecule has 160 valence electrons. The van der Waals surface area contributed by atoms with Crippen molar-refractivity contribution in [2.24, 2.45) is 0 Å². The summed E-state index contributed by atoms with van der Waals surface area (Å²) >= 11 is 0. The van der Waals surface area contributed by atoms with Crippen molar-refractivity contribution in [1.82, 2.24) is 0 Å². The number of sulfone groups is 1. The predicted octanol–water partition coefficient (Wildman–Crippen LogP) is 4.40. The van der Waals surface area contributed by atoms with Crippen molar-refractivity contribution in [3.63, 3.8) is 0 Å². The van der Waals surface area contributed by atoms with E-state index in [1.54, 1.807) is 18.2 Å². The predicted molar refractivity (Wildman–Crippen MR) is 111 cm³/mol. The molecule has 1 saturated heterocycles. The van der Waals surface area contributed by atoms with Crippen molar-refractivity contribution < 1.29 is 26.8 Å². The third-order valence-corrected chi connectivity index (χ3v) is 9.23. The van der Waals surface area contributed by atoms with Gasteiger partial charge in [-0.2, -0.15) is 0 Å². The molecule has 0 aromatic heterocycles. The van der Waals surface area contributed by atoms with Gasteiger partial charge >= 0.3 is 0 Å². The van der Waals surface area contributed by atoms with Crippen LogP contribution in [0.5, 0.6) is 0 Å². The van der Waals surface area contributed by atoms with Gasteiger partial charge in [0.2, 0.25) is 0 Å². The summed E-state index contributed by atoms with van der Waals surface area (Å²) in [7, 11) is -4.03. The molecular weight excluding hydrogens is 410 g/mol. The first-order valence-electron chi connectivity index (χ1n) is 9.68. The summed E-state index contributed by atoms with van der Waals surface area (Å²) in [6, 6.07) is 8.53. The van der Waals surface area contributed by atoms with Crippen molar-refractivity contribution in [1.29, 1.82) is 0 Å². The fourth-order valence-electron chi connectivity index (χ4n) is 4.05. The summed E-state index contributed by atoms with van der Waals surface area (Å²) in [4.78, 5) is 26.4. The molecule has 0 radical (unpaired) electrons. The Labute approximate surface area is 175 Å². The normalized spacial score (nSPS) is 20.4. The Morgan fingerprint density at radius 3 is 1.83 bits per heavy atom. The van der Waals surface area contributed by atoms with E-state index in [4.69, 9.17) is 0 Å². The highest BCUT2D eigenvalue weighted by Gasteiger charge is 2.63. The summed E-state index contributed by atoms with van der Waals surface area (Å²) in [5, 5.41) is 0. The van der Waals surface area contributed by atoms with E-state index in [2.05, 4.69) is 0 Å². The number of benzene rings is 2. The first-order valence-corrected chi connectivity index (χ1v) is 11.2. The van der Waals surface area contributed by atoms with Crippen LogP contribution >= 0.6 is 0 Å². The lowest BCUT2D eigenvalue weighted by Crippen LogP contribution is -2.63. The van der Waals surface area contributed by atoms with E-state index in [-0.39, 0.29) is 0 Å². The molecule has 0 saturated carbocycles. The Kier molecular flexibility index (Phi) is 5.26. The van der Waals surface area contributed by atoms with Gasteiger partial charge in [0.25, 0.3) is 0 Å². The number of hydrogen-bond acceptors (Lipinski definition) is 4. The van der Waals surface area contributed by atoms with Crippen molar-refractivity contribution in [3.8, 4) is 11.1 Å². The zero-order valence-electron chi connectivity index (χ0n) is 17.5. The minimum Gasteiger partial charge on any atom is -0.297 e. The van der Waals surface area contributed by atoms with Gasteiger partial charge in [0.15, 0.2) is 33.0 Å². The highest BCUT2D eigenvalue weighted by atomic mass is 32.2. The van der Waals surface area contributed by atoms with Gasteiger partial charge in [-0.25, -0.2) is 17.2 Å². The number of Topliss-reactive ketones (excluding diaryl/α,β-unsaturated/α-hetero) is 2. The minimum atomic E-state index is -4.03. The van der Waals surface area contributed by atoms with Crippen molar-refractivity contribution in [3.05, 3.63) is 59.2 Å². The average molecular weight is 435 g/mol. The number of hydrogen-bond donors (Lipinski definition) is 0. The smallest absolute Gasteiger partial charge is 0.174 e. The molecule has 1 heterocycles. The molecule has 2 aromatic rings. The Morgan fingerprint density at radius 2 is 1.33 bits per heavy atom. The molecule has 4 nitrogen and oxygen atoms in total. The van der Waals surface area contributed by atoms with Crippen LogP contribution in [-0.4, -0.2) is 29.5 Å². The number of halogens is 2. The molecule has 3 rings (SSSR count). The molecule has 7 heteroatoms. The molecule has 0 N–H and O–H groups in total. The Bertz CT molecular complexity index is 1130. The monoisotopic (exact) mass is 434 g/mol. The van der Waals surface area contributed by atoms with Crippen LogP contribution in [0, 0.1) is 11.6 Å². The van der Waals surface area contributed by atoms with Gasteiger partial charge in [-0.3, -0.25) is 9.59 Å². The van der Waals surface area contributed by atoms with E-state index in [1.807, 2.05) is 6.92 Å². The van der Waals surface area contributed by atoms with Crippen LogP contribution in [0.4, 0.5) is 8.78 Å². The largest absolute Gasteiger partial charge is 0.297 e. The van der Waals surface area contributed by atoms with Gasteiger partial charge in [-0.1, -0.05) is 31.2 Å². The van der Waals surface area contributed by atoms with Crippen molar-refractivity contribution in [2.75, 3.05) is 0 Å². The lowest BCUT2D eigenvalue weighted by atomic mass is 9.78. The van der Waals surface area contributed by atoms with Crippen molar-refractivity contribution >= 4 is 21.4 Å². The van der Waals surface area contributed by atoms with Crippen LogP contribution in [-0.2, 0) is 25.8 Å². The molecular formula is C23H24F2O4S. The van der Waals surface area contributed by atoms with E-state index in [0.29, 0.717) is 28.7 Å². The number of rotatable bonds is 3. The average Bonchev–Trinajstić information content (AvgIpc) is 2.69. The fourth-order valence-corrected chi connectivity index (χ4v) is 6.09. The fraction of sp³-hybridized carbons (Fsp3) is 0.391. The minimum absolute atomic E-state index is 0.454. The van der Waals surface area contributed by atoms with Crippen LogP contribution in [0.25, 0.3) is 11.1 Å². The topological polar surface area (TPSA) is 68.3 Å². The standard InChI is InChI=1S/C23H24F2O4S/c1-6-13-11-14(15-8-10-17(24)18(25)12-15)7-9-16(13)19-20(26)22(2,3)30(28,29)23(4,5)21(19)27/h7-12,19H,6H2,1-5H3. The number of aryl methyl sites for hydroxylation is 1. The molecule has 0 spiro atoms. The van der Waals surface area contributed by atoms with E-state index in [9.17, 15) is 26.8 Å². The second-order valence-corrected chi connectivity index (χ2v) is 11.6. The molecule has 1 aliphatic heterocycles. The van der Waals surface area contributed by atoms with Crippen LogP contribution in [0.1, 0.15) is 51.7 Å². The van der Waals surface area contributed by atoms with Gasteiger partial charge in [0.05, 0.1) is 0 Å². The Morgan fingerprint density at radius 1 is 0.833 bits per heavy atom. The second-order valence-electron chi connectivity index (χ2n) is 8.58. The number of carbonyl (C=O) groups excluding carboxylic acids is 2. The zero-order valence-corrected chi connectivity index (χ0v) is 18.4. The number of ketones is 2. The zero-order chi connectivity index (χ0) is 22.6. The molecule has 1 aliphatic rings. The Hall–Kier alpha value is -2.41. The third kappa shape index (κ3) is 3.02. The van der Waals surface area contributed by atoms with Gasteiger partial charge in [0, 0.05) is 0 Å². The maximum absolute atomic E-state index is 13.6. The van der Waals surface area contributed by atoms with E-state index in [0.717, 1.165) is 12.1 Å². The summed E-state index contributed by atoms with van der Waals surface area (Å²) in [6.45, 7) is 7.21. The van der Waals surface area contributed by atoms with Gasteiger partial charge < -0.3 is 0 Å². The molecule has 0 atom stereocenters. The van der Waals surface area contributed by atoms with Gasteiger partial charge in [-0.15, -0.1) is 0 Å². The van der Waals surface area contributed by atoms with Gasteiger partial charge in [0.1, 0.15) is 15.4 Å². The second kappa shape index (κ2) is 7.08. The molecule has 0 bridgehead atoms. The van der Waals surface area contributed by atoms with E-state index in [1.165, 1.54) is 33.8 Å². The highest BCUT2D eigenvalue weighted by molar-refractivity contribution is 7.95. The van der Waals surface area contributed by atoms with Crippen LogP contribution < -0.4 is 0 Å². The van der Waals surface area contributed by atoms with Gasteiger partial charge in [-0.05, 0) is 68.5 Å². The first-order chi connectivity index (χ1) is 13.8.